The minimum atomic E-state index is -1.02. The molecule has 3 aliphatic heterocycles. The van der Waals surface area contributed by atoms with E-state index in [0.29, 0.717) is 0 Å². The zero-order valence-electron chi connectivity index (χ0n) is 9.55. The van der Waals surface area contributed by atoms with E-state index in [9.17, 15) is 14.7 Å². The number of nitrogens with zero attached hydrogens (tertiary/aromatic N) is 4. The number of fused-ring (bicyclic) bond motifs is 1. The molecule has 2 bridgehead atoms. The monoisotopic (exact) mass is 263 g/mol. The normalized spacial score (nSPS) is 39.1. The maximum absolute atomic E-state index is 12.4. The Balaban J connectivity index is 1.77. The first-order valence-corrected chi connectivity index (χ1v) is 5.77. The van der Waals surface area contributed by atoms with Gasteiger partial charge in [0, 0.05) is 0 Å². The Bertz CT molecular complexity index is 599. The number of anilines is 1. The van der Waals surface area contributed by atoms with Gasteiger partial charge in [0.1, 0.15) is 11.5 Å². The van der Waals surface area contributed by atoms with E-state index in [-0.39, 0.29) is 18.4 Å². The summed E-state index contributed by atoms with van der Waals surface area (Å²) in [7, 11) is 0. The van der Waals surface area contributed by atoms with Gasteiger partial charge in [-0.1, -0.05) is 17.3 Å². The number of aromatic nitrogens is 4. The molecule has 0 aromatic carbocycles. The fourth-order valence-corrected chi connectivity index (χ4v) is 3.22. The number of tetrazole rings is 1. The van der Waals surface area contributed by atoms with Crippen LogP contribution in [0.25, 0.3) is 0 Å². The summed E-state index contributed by atoms with van der Waals surface area (Å²) in [5.41, 5.74) is -0.870. The number of hydrogen-bond donors (Lipinski definition) is 2. The van der Waals surface area contributed by atoms with E-state index in [1.807, 2.05) is 0 Å². The molecule has 4 unspecified atom stereocenters. The van der Waals surface area contributed by atoms with Crippen molar-refractivity contribution in [1.82, 2.24) is 20.6 Å². The molecule has 98 valence electrons. The van der Waals surface area contributed by atoms with Gasteiger partial charge in [-0.05, 0) is 5.21 Å². The van der Waals surface area contributed by atoms with Crippen molar-refractivity contribution in [2.45, 2.75) is 11.7 Å². The van der Waals surface area contributed by atoms with Gasteiger partial charge < -0.3 is 9.84 Å². The Hall–Kier alpha value is -2.29. The number of rotatable bonds is 2. The van der Waals surface area contributed by atoms with Gasteiger partial charge in [0.05, 0.1) is 18.6 Å². The molecule has 2 fully saturated rings. The summed E-state index contributed by atoms with van der Waals surface area (Å²) in [5, 5.41) is 22.5. The summed E-state index contributed by atoms with van der Waals surface area (Å²) in [5.74, 6) is -2.79. The number of carboxylic acids is 1. The third-order valence-electron chi connectivity index (χ3n) is 3.96. The van der Waals surface area contributed by atoms with Gasteiger partial charge in [-0.25, -0.2) is 0 Å². The molecule has 9 nitrogen and oxygen atoms in total. The van der Waals surface area contributed by atoms with Crippen molar-refractivity contribution in [2.75, 3.05) is 11.4 Å². The molecule has 0 aliphatic carbocycles. The largest absolute Gasteiger partial charge is 0.481 e. The van der Waals surface area contributed by atoms with Crippen molar-refractivity contribution in [2.24, 2.45) is 11.8 Å². The van der Waals surface area contributed by atoms with Crippen LogP contribution in [-0.4, -0.2) is 55.9 Å². The van der Waals surface area contributed by atoms with Crippen molar-refractivity contribution < 1.29 is 19.4 Å². The molecule has 1 aromatic heterocycles. The molecule has 4 heterocycles. The predicted octanol–water partition coefficient (Wildman–Crippen LogP) is -1.43. The summed E-state index contributed by atoms with van der Waals surface area (Å²) in [6.45, 7) is 0.215. The van der Waals surface area contributed by atoms with Gasteiger partial charge in [0.2, 0.25) is 5.91 Å². The van der Waals surface area contributed by atoms with E-state index in [1.54, 1.807) is 12.2 Å². The smallest absolute Gasteiger partial charge is 0.310 e. The van der Waals surface area contributed by atoms with Crippen LogP contribution in [-0.2, 0) is 14.3 Å². The lowest BCUT2D eigenvalue weighted by Gasteiger charge is -2.21. The topological polar surface area (TPSA) is 121 Å². The minimum Gasteiger partial charge on any atom is -0.481 e. The third kappa shape index (κ3) is 1.15. The second-order valence-electron chi connectivity index (χ2n) is 4.87. The molecule has 19 heavy (non-hydrogen) atoms. The van der Waals surface area contributed by atoms with Crippen LogP contribution >= 0.6 is 0 Å². The van der Waals surface area contributed by atoms with E-state index < -0.39 is 29.5 Å². The Morgan fingerprint density at radius 1 is 1.63 bits per heavy atom. The highest BCUT2D eigenvalue weighted by Gasteiger charge is 2.67. The van der Waals surface area contributed by atoms with Crippen LogP contribution < -0.4 is 4.90 Å². The lowest BCUT2D eigenvalue weighted by atomic mass is 9.77. The summed E-state index contributed by atoms with van der Waals surface area (Å²) in [6, 6.07) is 0. The van der Waals surface area contributed by atoms with Gasteiger partial charge in [-0.15, -0.1) is 5.10 Å². The Morgan fingerprint density at radius 3 is 3.16 bits per heavy atom. The zero-order valence-corrected chi connectivity index (χ0v) is 9.55. The van der Waals surface area contributed by atoms with Gasteiger partial charge >= 0.3 is 5.97 Å². The van der Waals surface area contributed by atoms with Gasteiger partial charge in [0.25, 0.3) is 5.95 Å². The highest BCUT2D eigenvalue weighted by atomic mass is 16.5. The number of aliphatic carboxylic acids is 1. The number of carboxylic acid groups (broad SMARTS) is 1. The maximum Gasteiger partial charge on any atom is 0.310 e. The molecule has 4 rings (SSSR count). The molecule has 4 atom stereocenters. The van der Waals surface area contributed by atoms with Crippen LogP contribution in [0.3, 0.4) is 0 Å². The number of H-pyrrole nitrogens is 1. The summed E-state index contributed by atoms with van der Waals surface area (Å²) in [6.07, 6.45) is 2.96. The van der Waals surface area contributed by atoms with E-state index in [1.165, 1.54) is 4.90 Å². The first-order valence-electron chi connectivity index (χ1n) is 5.77. The second kappa shape index (κ2) is 3.18. The van der Waals surface area contributed by atoms with Crippen molar-refractivity contribution in [3.8, 4) is 0 Å². The summed E-state index contributed by atoms with van der Waals surface area (Å²) in [4.78, 5) is 25.1. The first kappa shape index (κ1) is 10.6. The molecule has 1 amide bonds. The number of carbonyl (C=O) groups excluding carboxylic acids is 1. The standard InChI is InChI=1S/C10H9N5O4/c16-7-6-5(8(17)18)4-1-2-10(6,19-4)3-15(7)9-11-13-14-12-9/h1-2,4-6H,3H2,(H,17,18)(H,11,12,13,14). The van der Waals surface area contributed by atoms with Crippen LogP contribution in [0.2, 0.25) is 0 Å². The first-order chi connectivity index (χ1) is 9.12. The SMILES string of the molecule is O=C(O)C1C2C=CC3(CN(c4nn[nH]n4)C(=O)C13)O2. The number of hydrogen-bond acceptors (Lipinski definition) is 6. The van der Waals surface area contributed by atoms with Crippen molar-refractivity contribution in [1.29, 1.82) is 0 Å². The molecule has 1 spiro atoms. The van der Waals surface area contributed by atoms with Crippen LogP contribution in [0.4, 0.5) is 5.95 Å². The van der Waals surface area contributed by atoms with Crippen LogP contribution in [0.1, 0.15) is 0 Å². The molecular formula is C10H9N5O4. The minimum absolute atomic E-state index is 0.137. The lowest BCUT2D eigenvalue weighted by Crippen LogP contribution is -2.39. The molecule has 1 aromatic rings. The lowest BCUT2D eigenvalue weighted by molar-refractivity contribution is -0.146. The van der Waals surface area contributed by atoms with Crippen molar-refractivity contribution in [3.63, 3.8) is 0 Å². The zero-order chi connectivity index (χ0) is 13.2. The van der Waals surface area contributed by atoms with E-state index in [0.717, 1.165) is 0 Å². The quantitative estimate of drug-likeness (QED) is 0.627. The average Bonchev–Trinajstić information content (AvgIpc) is 3.09. The number of aromatic amines is 1. The van der Waals surface area contributed by atoms with Crippen LogP contribution in [0.5, 0.6) is 0 Å². The second-order valence-corrected chi connectivity index (χ2v) is 4.87. The molecular weight excluding hydrogens is 254 g/mol. The van der Waals surface area contributed by atoms with Gasteiger partial charge in [-0.2, -0.15) is 5.21 Å². The van der Waals surface area contributed by atoms with E-state index in [2.05, 4.69) is 20.6 Å². The fraction of sp³-hybridized carbons (Fsp3) is 0.500. The number of ether oxygens (including phenoxy) is 1. The third-order valence-corrected chi connectivity index (χ3v) is 3.96. The van der Waals surface area contributed by atoms with Gasteiger partial charge in [-0.3, -0.25) is 14.5 Å². The molecule has 0 radical (unpaired) electrons. The molecule has 9 heteroatoms. The molecule has 2 saturated heterocycles. The summed E-state index contributed by atoms with van der Waals surface area (Å²) >= 11 is 0. The summed E-state index contributed by atoms with van der Waals surface area (Å²) < 4.78 is 5.72. The Kier molecular flexibility index (Phi) is 1.78. The molecule has 3 aliphatic rings. The van der Waals surface area contributed by atoms with Crippen LogP contribution in [0.15, 0.2) is 12.2 Å². The Labute approximate surface area is 106 Å². The Morgan fingerprint density at radius 2 is 2.47 bits per heavy atom. The van der Waals surface area contributed by atoms with Crippen molar-refractivity contribution in [3.05, 3.63) is 12.2 Å². The average molecular weight is 263 g/mol. The van der Waals surface area contributed by atoms with E-state index in [4.69, 9.17) is 4.74 Å². The van der Waals surface area contributed by atoms with Crippen molar-refractivity contribution >= 4 is 17.8 Å². The predicted molar refractivity (Wildman–Crippen MR) is 57.9 cm³/mol. The molecule has 0 saturated carbocycles. The number of nitrogens with one attached hydrogen (secondary N) is 1. The van der Waals surface area contributed by atoms with E-state index >= 15 is 0 Å². The fourth-order valence-electron chi connectivity index (χ4n) is 3.22. The van der Waals surface area contributed by atoms with Crippen LogP contribution in [0, 0.1) is 11.8 Å². The van der Waals surface area contributed by atoms with Gasteiger partial charge in [0.15, 0.2) is 0 Å². The number of amides is 1. The highest BCUT2D eigenvalue weighted by molar-refractivity contribution is 6.01. The maximum atomic E-state index is 12.4. The highest BCUT2D eigenvalue weighted by Crippen LogP contribution is 2.52. The number of carbonyl (C=O) groups is 2. The molecule has 2 N–H and O–H groups in total.